The average molecular weight is 384 g/mol. The van der Waals surface area contributed by atoms with Crippen molar-refractivity contribution in [2.75, 3.05) is 14.1 Å². The van der Waals surface area contributed by atoms with Crippen LogP contribution in [0.25, 0.3) is 16.6 Å². The molecular formula is C18H14BrN3O2. The first kappa shape index (κ1) is 15.2. The number of ketones is 1. The summed E-state index contributed by atoms with van der Waals surface area (Å²) in [5, 5.41) is 0.529. The van der Waals surface area contributed by atoms with Crippen LogP contribution >= 0.6 is 15.9 Å². The van der Waals surface area contributed by atoms with Gasteiger partial charge < -0.3 is 4.90 Å². The first-order valence-corrected chi connectivity index (χ1v) is 8.30. The fourth-order valence-electron chi connectivity index (χ4n) is 3.08. The third-order valence-electron chi connectivity index (χ3n) is 4.08. The predicted molar refractivity (Wildman–Crippen MR) is 95.9 cm³/mol. The van der Waals surface area contributed by atoms with Gasteiger partial charge >= 0.3 is 0 Å². The van der Waals surface area contributed by atoms with Crippen molar-refractivity contribution in [3.05, 3.63) is 68.2 Å². The van der Waals surface area contributed by atoms with E-state index in [0.29, 0.717) is 22.2 Å². The quantitative estimate of drug-likeness (QED) is 0.534. The van der Waals surface area contributed by atoms with Gasteiger partial charge in [0.1, 0.15) is 0 Å². The maximum atomic E-state index is 13.0. The number of carbonyl (C=O) groups is 1. The van der Waals surface area contributed by atoms with Crippen LogP contribution in [0.1, 0.15) is 21.7 Å². The molecule has 6 heteroatoms. The van der Waals surface area contributed by atoms with E-state index in [4.69, 9.17) is 0 Å². The average Bonchev–Trinajstić information content (AvgIpc) is 2.80. The highest BCUT2D eigenvalue weighted by Crippen LogP contribution is 2.28. The molecule has 0 fully saturated rings. The number of nitrogens with zero attached hydrogens (tertiary/aromatic N) is 3. The Kier molecular flexibility index (Phi) is 3.40. The van der Waals surface area contributed by atoms with E-state index in [0.717, 1.165) is 16.6 Å². The maximum Gasteiger partial charge on any atom is 0.266 e. The van der Waals surface area contributed by atoms with Crippen LogP contribution < -0.4 is 5.56 Å². The minimum atomic E-state index is -0.220. The van der Waals surface area contributed by atoms with Crippen LogP contribution in [0.2, 0.25) is 0 Å². The van der Waals surface area contributed by atoms with Gasteiger partial charge in [-0.2, -0.15) is 0 Å². The summed E-state index contributed by atoms with van der Waals surface area (Å²) in [6, 6.07) is 10.9. The van der Waals surface area contributed by atoms with Crippen LogP contribution in [0.5, 0.6) is 0 Å². The van der Waals surface area contributed by atoms with Gasteiger partial charge in [-0.05, 0) is 50.0 Å². The molecule has 2 heterocycles. The molecule has 120 valence electrons. The van der Waals surface area contributed by atoms with Crippen molar-refractivity contribution in [2.45, 2.75) is 6.54 Å². The minimum Gasteiger partial charge on any atom is -0.305 e. The molecule has 0 saturated carbocycles. The zero-order valence-corrected chi connectivity index (χ0v) is 14.8. The van der Waals surface area contributed by atoms with Gasteiger partial charge in [-0.1, -0.05) is 22.0 Å². The third kappa shape index (κ3) is 2.22. The van der Waals surface area contributed by atoms with Gasteiger partial charge in [0.15, 0.2) is 5.82 Å². The molecule has 1 aromatic heterocycles. The standard InChI is InChI=1S/C18H14BrN3O2/c1-21(2)9-10-3-5-14-12(7-10)18(24)22-15-6-4-11(19)8-13(15)16(23)17(22)20-14/h3-8H,9H2,1-2H3. The molecule has 0 spiro atoms. The molecule has 0 bridgehead atoms. The molecule has 2 aromatic carbocycles. The van der Waals surface area contributed by atoms with Gasteiger partial charge in [-0.25, -0.2) is 4.98 Å². The monoisotopic (exact) mass is 383 g/mol. The van der Waals surface area contributed by atoms with Crippen LogP contribution in [-0.2, 0) is 6.54 Å². The Hall–Kier alpha value is -2.31. The number of benzene rings is 2. The number of rotatable bonds is 2. The van der Waals surface area contributed by atoms with E-state index in [1.54, 1.807) is 12.1 Å². The lowest BCUT2D eigenvalue weighted by atomic mass is 10.1. The Morgan fingerprint density at radius 1 is 1.12 bits per heavy atom. The predicted octanol–water partition coefficient (Wildman–Crippen LogP) is 2.75. The summed E-state index contributed by atoms with van der Waals surface area (Å²) in [4.78, 5) is 32.1. The lowest BCUT2D eigenvalue weighted by molar-refractivity contribution is 0.103. The van der Waals surface area contributed by atoms with Crippen molar-refractivity contribution in [3.63, 3.8) is 0 Å². The Bertz CT molecular complexity index is 1070. The van der Waals surface area contributed by atoms with Crippen LogP contribution in [0, 0.1) is 0 Å². The van der Waals surface area contributed by atoms with E-state index in [2.05, 4.69) is 20.9 Å². The number of fused-ring (bicyclic) bond motifs is 4. The van der Waals surface area contributed by atoms with Crippen LogP contribution in [0.4, 0.5) is 0 Å². The summed E-state index contributed by atoms with van der Waals surface area (Å²) >= 11 is 3.37. The van der Waals surface area contributed by atoms with Crippen molar-refractivity contribution in [2.24, 2.45) is 0 Å². The zero-order chi connectivity index (χ0) is 17.0. The Labute approximate surface area is 146 Å². The molecule has 4 rings (SSSR count). The molecular weight excluding hydrogens is 370 g/mol. The Balaban J connectivity index is 2.01. The Morgan fingerprint density at radius 3 is 2.67 bits per heavy atom. The van der Waals surface area contributed by atoms with E-state index < -0.39 is 0 Å². The second kappa shape index (κ2) is 5.36. The smallest absolute Gasteiger partial charge is 0.266 e. The molecule has 5 nitrogen and oxygen atoms in total. The normalized spacial score (nSPS) is 12.8. The van der Waals surface area contributed by atoms with Crippen LogP contribution in [0.3, 0.4) is 0 Å². The third-order valence-corrected chi connectivity index (χ3v) is 4.57. The number of halogens is 1. The van der Waals surface area contributed by atoms with Gasteiger partial charge in [0.25, 0.3) is 5.56 Å². The van der Waals surface area contributed by atoms with Gasteiger partial charge in [-0.15, -0.1) is 0 Å². The summed E-state index contributed by atoms with van der Waals surface area (Å²) in [6.45, 7) is 0.736. The summed E-state index contributed by atoms with van der Waals surface area (Å²) < 4.78 is 2.22. The molecule has 0 unspecified atom stereocenters. The molecule has 1 aliphatic heterocycles. The first-order valence-electron chi connectivity index (χ1n) is 7.51. The highest BCUT2D eigenvalue weighted by molar-refractivity contribution is 9.10. The molecule has 0 atom stereocenters. The maximum absolute atomic E-state index is 13.0. The van der Waals surface area contributed by atoms with Gasteiger partial charge in [0.2, 0.25) is 5.78 Å². The second-order valence-electron chi connectivity index (χ2n) is 6.16. The van der Waals surface area contributed by atoms with Crippen LogP contribution in [-0.4, -0.2) is 34.3 Å². The number of carbonyl (C=O) groups excluding carboxylic acids is 1. The topological polar surface area (TPSA) is 55.2 Å². The molecule has 0 aliphatic carbocycles. The SMILES string of the molecule is CN(C)Cc1ccc2nc3n(c(=O)c2c1)-c1ccc(Br)cc1C3=O. The van der Waals surface area contributed by atoms with Gasteiger partial charge in [-0.3, -0.25) is 14.2 Å². The number of aromatic nitrogens is 2. The number of hydrogen-bond acceptors (Lipinski definition) is 4. The lowest BCUT2D eigenvalue weighted by Crippen LogP contribution is -2.22. The van der Waals surface area contributed by atoms with Gasteiger partial charge in [0.05, 0.1) is 22.2 Å². The fraction of sp³-hybridized carbons (Fsp3) is 0.167. The first-order chi connectivity index (χ1) is 11.5. The van der Waals surface area contributed by atoms with E-state index in [1.807, 2.05) is 43.3 Å². The van der Waals surface area contributed by atoms with E-state index >= 15 is 0 Å². The van der Waals surface area contributed by atoms with E-state index in [-0.39, 0.29) is 17.2 Å². The molecule has 1 aliphatic rings. The molecule has 0 amide bonds. The highest BCUT2D eigenvalue weighted by atomic mass is 79.9. The molecule has 0 radical (unpaired) electrons. The van der Waals surface area contributed by atoms with Crippen molar-refractivity contribution in [1.29, 1.82) is 0 Å². The molecule has 0 N–H and O–H groups in total. The van der Waals surface area contributed by atoms with Gasteiger partial charge in [0, 0.05) is 11.0 Å². The lowest BCUT2D eigenvalue weighted by Gasteiger charge is -2.11. The van der Waals surface area contributed by atoms with Crippen molar-refractivity contribution in [3.8, 4) is 5.69 Å². The minimum absolute atomic E-state index is 0.181. The summed E-state index contributed by atoms with van der Waals surface area (Å²) in [7, 11) is 3.95. The largest absolute Gasteiger partial charge is 0.305 e. The Morgan fingerprint density at radius 2 is 1.92 bits per heavy atom. The number of hydrogen-bond donors (Lipinski definition) is 0. The second-order valence-corrected chi connectivity index (χ2v) is 7.07. The zero-order valence-electron chi connectivity index (χ0n) is 13.2. The van der Waals surface area contributed by atoms with Crippen molar-refractivity contribution in [1.82, 2.24) is 14.5 Å². The van der Waals surface area contributed by atoms with Crippen molar-refractivity contribution >= 4 is 32.6 Å². The highest BCUT2D eigenvalue weighted by Gasteiger charge is 2.30. The summed E-state index contributed by atoms with van der Waals surface area (Å²) in [5.41, 5.74) is 2.47. The van der Waals surface area contributed by atoms with E-state index in [1.165, 1.54) is 4.57 Å². The molecule has 3 aromatic rings. The van der Waals surface area contributed by atoms with Crippen LogP contribution in [0.15, 0.2) is 45.7 Å². The fourth-order valence-corrected chi connectivity index (χ4v) is 3.44. The van der Waals surface area contributed by atoms with Crippen molar-refractivity contribution < 1.29 is 4.79 Å². The molecule has 24 heavy (non-hydrogen) atoms. The summed E-state index contributed by atoms with van der Waals surface area (Å²) in [5.74, 6) is -0.0383. The molecule has 0 saturated heterocycles. The summed E-state index contributed by atoms with van der Waals surface area (Å²) in [6.07, 6.45) is 0. The van der Waals surface area contributed by atoms with E-state index in [9.17, 15) is 9.59 Å².